The molecule has 0 aliphatic rings. The van der Waals surface area contributed by atoms with E-state index in [0.29, 0.717) is 23.9 Å². The Labute approximate surface area is 180 Å². The maximum Gasteiger partial charge on any atom is 0.263 e. The lowest BCUT2D eigenvalue weighted by molar-refractivity contribution is 0.0956. The molecule has 0 saturated heterocycles. The normalized spacial score (nSPS) is 11.1. The van der Waals surface area contributed by atoms with Crippen LogP contribution in [0.4, 0.5) is 9.52 Å². The van der Waals surface area contributed by atoms with Gasteiger partial charge in [-0.1, -0.05) is 37.3 Å². The highest BCUT2D eigenvalue weighted by molar-refractivity contribution is 7.17. The predicted molar refractivity (Wildman–Crippen MR) is 118 cm³/mol. The molecule has 0 radical (unpaired) electrons. The summed E-state index contributed by atoms with van der Waals surface area (Å²) in [5.74, 6) is 0.211. The van der Waals surface area contributed by atoms with Crippen LogP contribution in [0, 0.1) is 11.7 Å². The number of nitrogens with one attached hydrogen (secondary N) is 1. The number of nitrogens with zero attached hydrogens (tertiary/aromatic N) is 4. The molecule has 0 fully saturated rings. The van der Waals surface area contributed by atoms with Crippen LogP contribution in [0.15, 0.2) is 49.2 Å². The van der Waals surface area contributed by atoms with Gasteiger partial charge in [0, 0.05) is 38.6 Å². The summed E-state index contributed by atoms with van der Waals surface area (Å²) in [5, 5.41) is 3.77. The van der Waals surface area contributed by atoms with Crippen molar-refractivity contribution in [2.75, 3.05) is 18.0 Å². The average Bonchev–Trinajstić information content (AvgIpc) is 3.42. The molecule has 2 heterocycles. The zero-order chi connectivity index (χ0) is 21.3. The summed E-state index contributed by atoms with van der Waals surface area (Å²) in [7, 11) is 0. The standard InChI is InChI=1S/C22H28FN5OS/c1-17(2)8-12-28(15-18-4-6-19(23)7-5-18)22-26-14-20(30-22)21(29)25-9-3-11-27-13-10-24-16-27/h4-7,10,13-14,16-17H,3,8-9,11-12,15H2,1-2H3,(H,25,29). The first kappa shape index (κ1) is 22.0. The number of carbonyl (C=O) groups is 1. The quantitative estimate of drug-likeness (QED) is 0.460. The number of aromatic nitrogens is 3. The van der Waals surface area contributed by atoms with Gasteiger partial charge in [0.1, 0.15) is 10.7 Å². The van der Waals surface area contributed by atoms with Crippen LogP contribution in [0.2, 0.25) is 0 Å². The van der Waals surface area contributed by atoms with Crippen molar-refractivity contribution in [1.82, 2.24) is 19.9 Å². The third-order valence-corrected chi connectivity index (χ3v) is 5.75. The van der Waals surface area contributed by atoms with E-state index in [1.54, 1.807) is 30.9 Å². The lowest BCUT2D eigenvalue weighted by Crippen LogP contribution is -2.25. The second-order valence-electron chi connectivity index (χ2n) is 7.65. The van der Waals surface area contributed by atoms with Gasteiger partial charge in [0.15, 0.2) is 5.13 Å². The van der Waals surface area contributed by atoms with Crippen LogP contribution in [0.5, 0.6) is 0 Å². The van der Waals surface area contributed by atoms with Crippen molar-refractivity contribution in [2.45, 2.75) is 39.8 Å². The van der Waals surface area contributed by atoms with Crippen LogP contribution < -0.4 is 10.2 Å². The number of rotatable bonds is 11. The minimum atomic E-state index is -0.242. The van der Waals surface area contributed by atoms with E-state index in [0.717, 1.165) is 36.6 Å². The maximum absolute atomic E-state index is 13.2. The number of halogens is 1. The summed E-state index contributed by atoms with van der Waals surface area (Å²) in [6, 6.07) is 6.53. The molecule has 1 amide bonds. The number of hydrogen-bond donors (Lipinski definition) is 1. The van der Waals surface area contributed by atoms with Crippen LogP contribution >= 0.6 is 11.3 Å². The van der Waals surface area contributed by atoms with Crippen molar-refractivity contribution in [2.24, 2.45) is 5.92 Å². The van der Waals surface area contributed by atoms with E-state index in [-0.39, 0.29) is 11.7 Å². The fourth-order valence-electron chi connectivity index (χ4n) is 2.95. The lowest BCUT2D eigenvalue weighted by atomic mass is 10.1. The monoisotopic (exact) mass is 429 g/mol. The molecule has 0 bridgehead atoms. The van der Waals surface area contributed by atoms with Crippen molar-refractivity contribution in [3.8, 4) is 0 Å². The second kappa shape index (κ2) is 10.9. The molecule has 8 heteroatoms. The summed E-state index contributed by atoms with van der Waals surface area (Å²) in [6.07, 6.45) is 8.90. The highest BCUT2D eigenvalue weighted by Gasteiger charge is 2.16. The molecule has 3 aromatic rings. The van der Waals surface area contributed by atoms with E-state index in [1.807, 2.05) is 10.8 Å². The van der Waals surface area contributed by atoms with Gasteiger partial charge in [-0.25, -0.2) is 14.4 Å². The zero-order valence-electron chi connectivity index (χ0n) is 17.4. The van der Waals surface area contributed by atoms with Crippen molar-refractivity contribution < 1.29 is 9.18 Å². The van der Waals surface area contributed by atoms with E-state index in [9.17, 15) is 9.18 Å². The Kier molecular flexibility index (Phi) is 7.96. The van der Waals surface area contributed by atoms with Gasteiger partial charge in [0.05, 0.1) is 12.5 Å². The fraction of sp³-hybridized carbons (Fsp3) is 0.409. The van der Waals surface area contributed by atoms with E-state index in [1.165, 1.54) is 23.5 Å². The average molecular weight is 430 g/mol. The van der Waals surface area contributed by atoms with Crippen LogP contribution in [0.3, 0.4) is 0 Å². The predicted octanol–water partition coefficient (Wildman–Crippen LogP) is 4.35. The van der Waals surface area contributed by atoms with E-state index >= 15 is 0 Å². The molecule has 1 N–H and O–H groups in total. The number of anilines is 1. The van der Waals surface area contributed by atoms with Gasteiger partial charge in [0.2, 0.25) is 0 Å². The van der Waals surface area contributed by atoms with Crippen molar-refractivity contribution >= 4 is 22.4 Å². The Balaban J connectivity index is 1.58. The second-order valence-corrected chi connectivity index (χ2v) is 8.66. The third kappa shape index (κ3) is 6.66. The third-order valence-electron chi connectivity index (χ3n) is 4.69. The first-order valence-electron chi connectivity index (χ1n) is 10.2. The maximum atomic E-state index is 13.2. The van der Waals surface area contributed by atoms with Crippen LogP contribution in [-0.2, 0) is 13.1 Å². The summed E-state index contributed by atoms with van der Waals surface area (Å²) in [6.45, 7) is 7.23. The topological polar surface area (TPSA) is 63.1 Å². The molecule has 30 heavy (non-hydrogen) atoms. The van der Waals surface area contributed by atoms with Gasteiger partial charge in [-0.2, -0.15) is 0 Å². The number of benzene rings is 1. The molecular weight excluding hydrogens is 401 g/mol. The number of aryl methyl sites for hydroxylation is 1. The van der Waals surface area contributed by atoms with Crippen molar-refractivity contribution in [3.63, 3.8) is 0 Å². The molecule has 3 rings (SSSR count). The van der Waals surface area contributed by atoms with E-state index in [2.05, 4.69) is 34.0 Å². The molecule has 0 aliphatic carbocycles. The van der Waals surface area contributed by atoms with Gasteiger partial charge in [-0.15, -0.1) is 0 Å². The van der Waals surface area contributed by atoms with Gasteiger partial charge in [0.25, 0.3) is 5.91 Å². The van der Waals surface area contributed by atoms with Crippen molar-refractivity contribution in [3.05, 3.63) is 65.4 Å². The number of carbonyl (C=O) groups excluding carboxylic acids is 1. The van der Waals surface area contributed by atoms with Gasteiger partial charge >= 0.3 is 0 Å². The molecule has 2 aromatic heterocycles. The molecular formula is C22H28FN5OS. The summed E-state index contributed by atoms with van der Waals surface area (Å²) in [4.78, 5) is 23.7. The zero-order valence-corrected chi connectivity index (χ0v) is 18.2. The Hall–Kier alpha value is -2.74. The number of amides is 1. The summed E-state index contributed by atoms with van der Waals surface area (Å²) < 4.78 is 15.2. The molecule has 0 unspecified atom stereocenters. The van der Waals surface area contributed by atoms with Crippen LogP contribution in [-0.4, -0.2) is 33.5 Å². The van der Waals surface area contributed by atoms with Gasteiger partial charge < -0.3 is 14.8 Å². The minimum absolute atomic E-state index is 0.102. The Morgan fingerprint density at radius 3 is 2.80 bits per heavy atom. The van der Waals surface area contributed by atoms with Gasteiger partial charge in [-0.05, 0) is 36.5 Å². The molecule has 6 nitrogen and oxygen atoms in total. The van der Waals surface area contributed by atoms with E-state index < -0.39 is 0 Å². The molecule has 0 saturated carbocycles. The van der Waals surface area contributed by atoms with Crippen LogP contribution in [0.25, 0.3) is 0 Å². The SMILES string of the molecule is CC(C)CCN(Cc1ccc(F)cc1)c1ncc(C(=O)NCCCn2ccnc2)s1. The highest BCUT2D eigenvalue weighted by Crippen LogP contribution is 2.25. The summed E-state index contributed by atoms with van der Waals surface area (Å²) >= 11 is 1.39. The molecule has 160 valence electrons. The molecule has 1 aromatic carbocycles. The van der Waals surface area contributed by atoms with Gasteiger partial charge in [-0.3, -0.25) is 4.79 Å². The molecule has 0 spiro atoms. The lowest BCUT2D eigenvalue weighted by Gasteiger charge is -2.23. The fourth-order valence-corrected chi connectivity index (χ4v) is 3.81. The number of hydrogen-bond acceptors (Lipinski definition) is 5. The Morgan fingerprint density at radius 1 is 1.30 bits per heavy atom. The number of imidazole rings is 1. The van der Waals surface area contributed by atoms with Crippen LogP contribution in [0.1, 0.15) is 41.9 Å². The van der Waals surface area contributed by atoms with Crippen molar-refractivity contribution in [1.29, 1.82) is 0 Å². The Morgan fingerprint density at radius 2 is 2.10 bits per heavy atom. The van der Waals surface area contributed by atoms with E-state index in [4.69, 9.17) is 0 Å². The first-order chi connectivity index (χ1) is 14.5. The molecule has 0 atom stereocenters. The first-order valence-corrected chi connectivity index (χ1v) is 11.0. The summed E-state index contributed by atoms with van der Waals surface area (Å²) in [5.41, 5.74) is 1.01. The largest absolute Gasteiger partial charge is 0.351 e. The number of thiazole rings is 1. The Bertz CT molecular complexity index is 908. The highest BCUT2D eigenvalue weighted by atomic mass is 32.1. The smallest absolute Gasteiger partial charge is 0.263 e. The molecule has 0 aliphatic heterocycles. The minimum Gasteiger partial charge on any atom is -0.351 e.